The first-order chi connectivity index (χ1) is 20.0. The number of pyridine rings is 1. The van der Waals surface area contributed by atoms with Crippen LogP contribution in [-0.4, -0.2) is 58.4 Å². The average molecular weight is 592 g/mol. The van der Waals surface area contributed by atoms with Crippen LogP contribution in [0.15, 0.2) is 30.3 Å². The van der Waals surface area contributed by atoms with E-state index in [1.807, 2.05) is 55.8 Å². The van der Waals surface area contributed by atoms with E-state index in [0.717, 1.165) is 54.9 Å². The first-order valence-corrected chi connectivity index (χ1v) is 16.2. The van der Waals surface area contributed by atoms with Gasteiger partial charge in [0.05, 0.1) is 34.7 Å². The number of imidazole rings is 1. The van der Waals surface area contributed by atoms with Gasteiger partial charge in [-0.05, 0) is 70.2 Å². The van der Waals surface area contributed by atoms with E-state index in [1.54, 1.807) is 4.68 Å². The molecule has 1 atom stereocenters. The van der Waals surface area contributed by atoms with Gasteiger partial charge in [0.2, 0.25) is 10.0 Å². The maximum absolute atomic E-state index is 12.8. The summed E-state index contributed by atoms with van der Waals surface area (Å²) in [6.07, 6.45) is 6.04. The fourth-order valence-electron chi connectivity index (χ4n) is 5.49. The molecule has 0 amide bonds. The van der Waals surface area contributed by atoms with Crippen LogP contribution in [0.25, 0.3) is 22.4 Å². The monoisotopic (exact) mass is 591 g/mol. The fourth-order valence-corrected chi connectivity index (χ4v) is 6.00. The zero-order chi connectivity index (χ0) is 29.8. The third-order valence-electron chi connectivity index (χ3n) is 8.22. The van der Waals surface area contributed by atoms with E-state index in [2.05, 4.69) is 10.4 Å². The zero-order valence-corrected chi connectivity index (χ0v) is 25.5. The molecule has 222 valence electrons. The third kappa shape index (κ3) is 5.52. The van der Waals surface area contributed by atoms with Gasteiger partial charge in [-0.1, -0.05) is 6.07 Å². The Labute approximate surface area is 246 Å². The summed E-state index contributed by atoms with van der Waals surface area (Å²) in [6.45, 7) is 4.58. The summed E-state index contributed by atoms with van der Waals surface area (Å²) >= 11 is 0. The number of carbonyl (C=O) groups is 1. The van der Waals surface area contributed by atoms with Gasteiger partial charge in [0.15, 0.2) is 5.65 Å². The predicted molar refractivity (Wildman–Crippen MR) is 162 cm³/mol. The highest BCUT2D eigenvalue weighted by molar-refractivity contribution is 7.92. The molecule has 3 aromatic heterocycles. The fraction of sp³-hybridized carbons (Fsp3) is 0.467. The minimum atomic E-state index is -3.58. The van der Waals surface area contributed by atoms with Crippen LogP contribution in [0.5, 0.6) is 0 Å². The number of hydrogen-bond acceptors (Lipinski definition) is 8. The van der Waals surface area contributed by atoms with E-state index in [1.165, 1.54) is 17.6 Å². The van der Waals surface area contributed by atoms with Gasteiger partial charge in [0, 0.05) is 44.3 Å². The molecule has 0 radical (unpaired) electrons. The summed E-state index contributed by atoms with van der Waals surface area (Å²) in [5, 5.41) is 8.04. The Bertz CT molecular complexity index is 1760. The Hall–Kier alpha value is -3.77. The summed E-state index contributed by atoms with van der Waals surface area (Å²) in [5.74, 6) is 1.08. The van der Waals surface area contributed by atoms with Crippen molar-refractivity contribution >= 4 is 44.0 Å². The molecule has 4 aromatic rings. The summed E-state index contributed by atoms with van der Waals surface area (Å²) < 4.78 is 36.6. The topological polar surface area (TPSA) is 124 Å². The second-order valence-corrected chi connectivity index (χ2v) is 13.5. The third-order valence-corrected chi connectivity index (χ3v) is 9.41. The standard InChI is InChI=1S/C30H37N7O4S/c1-18-14-24(34-35(18)3)21-11-12-23(26(15-21)36(4)42(5,39)40)33-25-16-22(17-27(38)20-9-10-20)32-30-29(25)31-19(2)37(30)28-8-6-7-13-41-28/h11-12,14-16,20,28H,6-10,13,17H2,1-5H3,(H,32,33). The summed E-state index contributed by atoms with van der Waals surface area (Å²) in [5.41, 5.74) is 6.17. The first kappa shape index (κ1) is 28.4. The van der Waals surface area contributed by atoms with Gasteiger partial charge in [0.1, 0.15) is 23.4 Å². The molecule has 2 aliphatic rings. The lowest BCUT2D eigenvalue weighted by atomic mass is 10.1. The lowest BCUT2D eigenvalue weighted by molar-refractivity contribution is -0.119. The molecule has 42 heavy (non-hydrogen) atoms. The molecule has 1 aliphatic heterocycles. The van der Waals surface area contributed by atoms with Crippen LogP contribution in [0.3, 0.4) is 0 Å². The van der Waals surface area contributed by atoms with Crippen LogP contribution >= 0.6 is 0 Å². The van der Waals surface area contributed by atoms with Crippen LogP contribution < -0.4 is 9.62 Å². The van der Waals surface area contributed by atoms with Crippen LogP contribution in [0.1, 0.15) is 55.5 Å². The van der Waals surface area contributed by atoms with Gasteiger partial charge in [0.25, 0.3) is 0 Å². The number of anilines is 3. The molecule has 0 spiro atoms. The van der Waals surface area contributed by atoms with Crippen LogP contribution in [0.4, 0.5) is 17.1 Å². The Kier molecular flexibility index (Phi) is 7.30. The Balaban J connectivity index is 1.47. The number of Topliss-reactive ketones (excluding diaryl/α,β-unsaturated/α-hetero) is 1. The van der Waals surface area contributed by atoms with Gasteiger partial charge in [-0.2, -0.15) is 5.10 Å². The Morgan fingerprint density at radius 1 is 1.10 bits per heavy atom. The normalized spacial score (nSPS) is 17.5. The predicted octanol–water partition coefficient (Wildman–Crippen LogP) is 4.81. The highest BCUT2D eigenvalue weighted by Gasteiger charge is 2.30. The molecule has 1 saturated heterocycles. The molecule has 0 bridgehead atoms. The quantitative estimate of drug-likeness (QED) is 0.294. The van der Waals surface area contributed by atoms with Crippen molar-refractivity contribution in [1.82, 2.24) is 24.3 Å². The molecular weight excluding hydrogens is 554 g/mol. The number of nitrogens with one attached hydrogen (secondary N) is 1. The second kappa shape index (κ2) is 10.8. The highest BCUT2D eigenvalue weighted by Crippen LogP contribution is 2.38. The summed E-state index contributed by atoms with van der Waals surface area (Å²) in [4.78, 5) is 22.6. The molecule has 12 heteroatoms. The molecular formula is C30H37N7O4S. The number of aryl methyl sites for hydroxylation is 3. The van der Waals surface area contributed by atoms with Crippen molar-refractivity contribution in [3.8, 4) is 11.3 Å². The largest absolute Gasteiger partial charge is 0.358 e. The molecule has 1 aliphatic carbocycles. The average Bonchev–Trinajstić information content (AvgIpc) is 3.68. The molecule has 1 saturated carbocycles. The number of rotatable bonds is 9. The molecule has 1 N–H and O–H groups in total. The molecule has 2 fully saturated rings. The Morgan fingerprint density at radius 2 is 1.88 bits per heavy atom. The number of ketones is 1. The molecule has 11 nitrogen and oxygen atoms in total. The van der Waals surface area contributed by atoms with Crippen molar-refractivity contribution in [2.75, 3.05) is 29.5 Å². The zero-order valence-electron chi connectivity index (χ0n) is 24.7. The van der Waals surface area contributed by atoms with E-state index in [4.69, 9.17) is 14.7 Å². The van der Waals surface area contributed by atoms with E-state index in [-0.39, 0.29) is 24.3 Å². The van der Waals surface area contributed by atoms with Crippen molar-refractivity contribution in [1.29, 1.82) is 0 Å². The highest BCUT2D eigenvalue weighted by atomic mass is 32.2. The maximum atomic E-state index is 12.8. The minimum absolute atomic E-state index is 0.116. The lowest BCUT2D eigenvalue weighted by Gasteiger charge is -2.25. The van der Waals surface area contributed by atoms with Crippen LogP contribution in [0, 0.1) is 19.8 Å². The second-order valence-electron chi connectivity index (χ2n) is 11.5. The van der Waals surface area contributed by atoms with E-state index in [9.17, 15) is 13.2 Å². The van der Waals surface area contributed by atoms with Gasteiger partial charge >= 0.3 is 0 Å². The number of fused-ring (bicyclic) bond motifs is 1. The number of aromatic nitrogens is 5. The number of nitrogens with zero attached hydrogens (tertiary/aromatic N) is 6. The number of benzene rings is 1. The number of carbonyl (C=O) groups excluding carboxylic acids is 1. The van der Waals surface area contributed by atoms with Gasteiger partial charge in [-0.3, -0.25) is 18.3 Å². The molecule has 1 unspecified atom stereocenters. The van der Waals surface area contributed by atoms with Crippen molar-refractivity contribution in [2.45, 2.75) is 58.6 Å². The van der Waals surface area contributed by atoms with E-state index < -0.39 is 10.0 Å². The minimum Gasteiger partial charge on any atom is -0.358 e. The molecule has 6 rings (SSSR count). The lowest BCUT2D eigenvalue weighted by Crippen LogP contribution is -2.25. The van der Waals surface area contributed by atoms with Crippen molar-refractivity contribution < 1.29 is 17.9 Å². The van der Waals surface area contributed by atoms with Gasteiger partial charge in [-0.15, -0.1) is 0 Å². The van der Waals surface area contributed by atoms with E-state index in [0.29, 0.717) is 40.5 Å². The van der Waals surface area contributed by atoms with Crippen molar-refractivity contribution in [3.05, 3.63) is 47.5 Å². The van der Waals surface area contributed by atoms with Crippen molar-refractivity contribution in [3.63, 3.8) is 0 Å². The summed E-state index contributed by atoms with van der Waals surface area (Å²) in [6, 6.07) is 9.41. The molecule has 1 aromatic carbocycles. The smallest absolute Gasteiger partial charge is 0.232 e. The number of sulfonamides is 1. The van der Waals surface area contributed by atoms with Crippen molar-refractivity contribution in [2.24, 2.45) is 13.0 Å². The van der Waals surface area contributed by atoms with E-state index >= 15 is 0 Å². The van der Waals surface area contributed by atoms with Gasteiger partial charge < -0.3 is 10.1 Å². The summed E-state index contributed by atoms with van der Waals surface area (Å²) in [7, 11) is -0.179. The first-order valence-electron chi connectivity index (χ1n) is 14.4. The maximum Gasteiger partial charge on any atom is 0.232 e. The number of ether oxygens (including phenoxy) is 1. The van der Waals surface area contributed by atoms with Crippen LogP contribution in [0.2, 0.25) is 0 Å². The molecule has 4 heterocycles. The SMILES string of the molecule is Cc1cc(-c2ccc(Nc3cc(CC(=O)C4CC4)nc4c3nc(C)n4C3CCCCO3)c(N(C)S(C)(=O)=O)c2)nn1C. The number of hydrogen-bond donors (Lipinski definition) is 1. The van der Waals surface area contributed by atoms with Crippen LogP contribution in [-0.2, 0) is 33.0 Å². The Morgan fingerprint density at radius 3 is 2.52 bits per heavy atom. The van der Waals surface area contributed by atoms with Gasteiger partial charge in [-0.25, -0.2) is 18.4 Å².